The van der Waals surface area contributed by atoms with Crippen LogP contribution in [-0.4, -0.2) is 61.7 Å². The van der Waals surface area contributed by atoms with Gasteiger partial charge in [-0.25, -0.2) is 0 Å². The molecular weight excluding hydrogens is 436 g/mol. The molecule has 35 heavy (non-hydrogen) atoms. The van der Waals surface area contributed by atoms with E-state index >= 15 is 0 Å². The minimum absolute atomic E-state index is 0.0354. The molecule has 6 heteroatoms. The fraction of sp³-hybridized carbons (Fsp3) is 0.552. The molecule has 1 aromatic heterocycles. The molecule has 4 aliphatic rings. The van der Waals surface area contributed by atoms with Gasteiger partial charge in [-0.1, -0.05) is 12.1 Å². The van der Waals surface area contributed by atoms with Crippen molar-refractivity contribution in [3.05, 3.63) is 51.8 Å². The van der Waals surface area contributed by atoms with E-state index in [-0.39, 0.29) is 5.91 Å². The maximum absolute atomic E-state index is 13.2. The number of benzene rings is 1. The number of carbonyl (C=O) groups excluding carboxylic acids is 1. The molecule has 3 N–H and O–H groups in total. The lowest BCUT2D eigenvalue weighted by molar-refractivity contribution is -0.110. The second-order valence-corrected chi connectivity index (χ2v) is 10.5. The van der Waals surface area contributed by atoms with Crippen molar-refractivity contribution in [2.24, 2.45) is 0 Å². The fourth-order valence-electron chi connectivity index (χ4n) is 6.52. The zero-order valence-corrected chi connectivity index (χ0v) is 20.8. The Labute approximate surface area is 208 Å². The summed E-state index contributed by atoms with van der Waals surface area (Å²) in [6.07, 6.45) is 11.4. The molecule has 0 bridgehead atoms. The van der Waals surface area contributed by atoms with Gasteiger partial charge in [-0.15, -0.1) is 0 Å². The highest BCUT2D eigenvalue weighted by Gasteiger charge is 2.31. The van der Waals surface area contributed by atoms with Crippen molar-refractivity contribution in [3.63, 3.8) is 0 Å². The molecule has 2 fully saturated rings. The predicted molar refractivity (Wildman–Crippen MR) is 141 cm³/mol. The second kappa shape index (κ2) is 10.3. The molecule has 2 saturated heterocycles. The number of carbonyl (C=O) groups is 1. The SMILES string of the molecule is O=C1Nc2cccc(C3CCNCC3)c2/C1=C\c1[nH]c2c(c1CCCN1CCOCC1)CCCC2. The normalized spacial score (nSPS) is 22.3. The number of aryl methyl sites for hydroxylation is 1. The number of piperidine rings is 1. The van der Waals surface area contributed by atoms with Crippen molar-refractivity contribution in [1.29, 1.82) is 0 Å². The van der Waals surface area contributed by atoms with Crippen LogP contribution in [0.1, 0.15) is 71.7 Å². The van der Waals surface area contributed by atoms with Gasteiger partial charge in [0.1, 0.15) is 0 Å². The van der Waals surface area contributed by atoms with Crippen LogP contribution in [0.4, 0.5) is 5.69 Å². The van der Waals surface area contributed by atoms with E-state index < -0.39 is 0 Å². The van der Waals surface area contributed by atoms with Crippen molar-refractivity contribution >= 4 is 23.2 Å². The minimum Gasteiger partial charge on any atom is -0.379 e. The van der Waals surface area contributed by atoms with Crippen LogP contribution in [0, 0.1) is 0 Å². The summed E-state index contributed by atoms with van der Waals surface area (Å²) in [5.41, 5.74) is 9.81. The first kappa shape index (κ1) is 23.0. The first-order valence-corrected chi connectivity index (χ1v) is 13.7. The molecule has 0 radical (unpaired) electrons. The standard InChI is InChI=1S/C29H38N4O2/c34-29-24(28-21(6-3-9-26(28)32-29)20-10-12-30-13-11-20)19-27-23(22-5-1-2-8-25(22)31-27)7-4-14-33-15-17-35-18-16-33/h3,6,9,19-20,30-31H,1-2,4-5,7-8,10-18H2,(H,32,34)/b24-19+. The van der Waals surface area contributed by atoms with Gasteiger partial charge in [-0.3, -0.25) is 9.69 Å². The number of fused-ring (bicyclic) bond motifs is 2. The van der Waals surface area contributed by atoms with Crippen molar-refractivity contribution in [3.8, 4) is 0 Å². The molecule has 0 spiro atoms. The van der Waals surface area contributed by atoms with Crippen LogP contribution in [0.2, 0.25) is 0 Å². The third-order valence-corrected chi connectivity index (χ3v) is 8.37. The zero-order chi connectivity index (χ0) is 23.6. The van der Waals surface area contributed by atoms with Crippen LogP contribution >= 0.6 is 0 Å². The van der Waals surface area contributed by atoms with E-state index in [0.717, 1.165) is 107 Å². The fourth-order valence-corrected chi connectivity index (χ4v) is 6.52. The van der Waals surface area contributed by atoms with Crippen LogP contribution in [0.3, 0.4) is 0 Å². The number of morpholine rings is 1. The van der Waals surface area contributed by atoms with E-state index in [1.807, 2.05) is 0 Å². The summed E-state index contributed by atoms with van der Waals surface area (Å²) >= 11 is 0. The number of hydrogen-bond donors (Lipinski definition) is 3. The molecule has 6 nitrogen and oxygen atoms in total. The molecule has 6 rings (SSSR count). The van der Waals surface area contributed by atoms with Gasteiger partial charge in [0.25, 0.3) is 5.91 Å². The topological polar surface area (TPSA) is 69.4 Å². The zero-order valence-electron chi connectivity index (χ0n) is 20.8. The van der Waals surface area contributed by atoms with Gasteiger partial charge in [0.15, 0.2) is 0 Å². The van der Waals surface area contributed by atoms with E-state index in [1.54, 1.807) is 0 Å². The number of amides is 1. The highest BCUT2D eigenvalue weighted by molar-refractivity contribution is 6.35. The Hall–Kier alpha value is -2.41. The number of H-pyrrole nitrogens is 1. The lowest BCUT2D eigenvalue weighted by Gasteiger charge is -2.26. The number of aromatic nitrogens is 1. The molecule has 1 aromatic carbocycles. The van der Waals surface area contributed by atoms with E-state index in [9.17, 15) is 4.79 Å². The molecule has 1 aliphatic carbocycles. The lowest BCUT2D eigenvalue weighted by Crippen LogP contribution is -2.37. The third-order valence-electron chi connectivity index (χ3n) is 8.37. The molecule has 0 saturated carbocycles. The highest BCUT2D eigenvalue weighted by Crippen LogP contribution is 2.41. The monoisotopic (exact) mass is 474 g/mol. The smallest absolute Gasteiger partial charge is 0.256 e. The van der Waals surface area contributed by atoms with Crippen molar-refractivity contribution < 1.29 is 9.53 Å². The Bertz CT molecular complexity index is 1110. The summed E-state index contributed by atoms with van der Waals surface area (Å²) in [6.45, 7) is 6.99. The number of nitrogens with one attached hydrogen (secondary N) is 3. The molecule has 186 valence electrons. The maximum atomic E-state index is 13.2. The Balaban J connectivity index is 1.32. The number of rotatable bonds is 6. The average Bonchev–Trinajstić information content (AvgIpc) is 3.42. The van der Waals surface area contributed by atoms with E-state index in [1.165, 1.54) is 35.2 Å². The summed E-state index contributed by atoms with van der Waals surface area (Å²) in [5.74, 6) is 0.542. The van der Waals surface area contributed by atoms with Crippen LogP contribution < -0.4 is 10.6 Å². The van der Waals surface area contributed by atoms with Crippen molar-refractivity contribution in [1.82, 2.24) is 15.2 Å². The van der Waals surface area contributed by atoms with Crippen molar-refractivity contribution in [2.75, 3.05) is 51.3 Å². The third kappa shape index (κ3) is 4.72. The van der Waals surface area contributed by atoms with Gasteiger partial charge >= 0.3 is 0 Å². The summed E-state index contributed by atoms with van der Waals surface area (Å²) in [4.78, 5) is 19.5. The first-order chi connectivity index (χ1) is 17.3. The van der Waals surface area contributed by atoms with Gasteiger partial charge in [-0.05, 0) is 106 Å². The van der Waals surface area contributed by atoms with E-state index in [2.05, 4.69) is 44.8 Å². The molecule has 1 amide bonds. The second-order valence-electron chi connectivity index (χ2n) is 10.5. The molecule has 2 aromatic rings. The number of aromatic amines is 1. The molecule has 4 heterocycles. The van der Waals surface area contributed by atoms with Gasteiger partial charge < -0.3 is 20.4 Å². The Morgan fingerprint density at radius 2 is 1.91 bits per heavy atom. The van der Waals surface area contributed by atoms with Gasteiger partial charge in [0.2, 0.25) is 0 Å². The molecule has 3 aliphatic heterocycles. The summed E-state index contributed by atoms with van der Waals surface area (Å²) in [5, 5.41) is 6.64. The summed E-state index contributed by atoms with van der Waals surface area (Å²) in [6, 6.07) is 6.40. The Morgan fingerprint density at radius 1 is 1.09 bits per heavy atom. The van der Waals surface area contributed by atoms with E-state index in [4.69, 9.17) is 4.74 Å². The quantitative estimate of drug-likeness (QED) is 0.551. The molecular formula is C29H38N4O2. The predicted octanol–water partition coefficient (Wildman–Crippen LogP) is 4.12. The highest BCUT2D eigenvalue weighted by atomic mass is 16.5. The number of nitrogens with zero attached hydrogens (tertiary/aromatic N) is 1. The van der Waals surface area contributed by atoms with Gasteiger partial charge in [0.05, 0.1) is 18.8 Å². The average molecular weight is 475 g/mol. The van der Waals surface area contributed by atoms with Crippen LogP contribution in [0.25, 0.3) is 11.6 Å². The number of ether oxygens (including phenoxy) is 1. The van der Waals surface area contributed by atoms with Crippen LogP contribution in [-0.2, 0) is 28.8 Å². The number of anilines is 1. The molecule has 0 unspecified atom stereocenters. The van der Waals surface area contributed by atoms with Crippen LogP contribution in [0.15, 0.2) is 18.2 Å². The lowest BCUT2D eigenvalue weighted by atomic mass is 9.84. The first-order valence-electron chi connectivity index (χ1n) is 13.7. The Morgan fingerprint density at radius 3 is 2.77 bits per heavy atom. The van der Waals surface area contributed by atoms with Gasteiger partial charge in [-0.2, -0.15) is 0 Å². The van der Waals surface area contributed by atoms with E-state index in [0.29, 0.717) is 5.92 Å². The largest absolute Gasteiger partial charge is 0.379 e. The van der Waals surface area contributed by atoms with Crippen LogP contribution in [0.5, 0.6) is 0 Å². The summed E-state index contributed by atoms with van der Waals surface area (Å²) < 4.78 is 5.52. The van der Waals surface area contributed by atoms with Crippen molar-refractivity contribution in [2.45, 2.75) is 57.3 Å². The molecule has 0 atom stereocenters. The number of hydrogen-bond acceptors (Lipinski definition) is 4. The minimum atomic E-state index is 0.0354. The summed E-state index contributed by atoms with van der Waals surface area (Å²) in [7, 11) is 0. The maximum Gasteiger partial charge on any atom is 0.256 e. The van der Waals surface area contributed by atoms with Gasteiger partial charge in [0, 0.05) is 35.7 Å². The Kier molecular flexibility index (Phi) is 6.77.